The van der Waals surface area contributed by atoms with E-state index in [0.29, 0.717) is 49.9 Å². The highest BCUT2D eigenvalue weighted by Gasteiger charge is 2.44. The molecule has 6 nitrogen and oxygen atoms in total. The largest absolute Gasteiger partial charge is 0.390 e. The Bertz CT molecular complexity index is 1520. The third kappa shape index (κ3) is 5.68. The predicted octanol–water partition coefficient (Wildman–Crippen LogP) is 6.08. The Morgan fingerprint density at radius 2 is 1.25 bits per heavy atom. The lowest BCUT2D eigenvalue weighted by Gasteiger charge is -2.38. The van der Waals surface area contributed by atoms with Gasteiger partial charge in [0.2, 0.25) is 5.91 Å². The fourth-order valence-electron chi connectivity index (χ4n) is 6.98. The van der Waals surface area contributed by atoms with E-state index in [4.69, 9.17) is 11.6 Å². The molecule has 2 aliphatic heterocycles. The molecular formula is C37H44ClN3O3. The van der Waals surface area contributed by atoms with E-state index in [1.807, 2.05) is 9.80 Å². The molecule has 2 saturated heterocycles. The van der Waals surface area contributed by atoms with Gasteiger partial charge < -0.3 is 14.9 Å². The number of fused-ring (bicyclic) bond motifs is 3. The van der Waals surface area contributed by atoms with Crippen LogP contribution in [0, 0.1) is 0 Å². The highest BCUT2D eigenvalue weighted by molar-refractivity contribution is 6.30. The highest BCUT2D eigenvalue weighted by atomic mass is 35.5. The summed E-state index contributed by atoms with van der Waals surface area (Å²) in [5.74, 6) is -0.350. The molecule has 0 spiro atoms. The number of amides is 2. The molecule has 3 aliphatic rings. The van der Waals surface area contributed by atoms with Crippen molar-refractivity contribution in [1.82, 2.24) is 14.7 Å². The first-order valence-electron chi connectivity index (χ1n) is 15.8. The number of carbonyl (C=O) groups is 2. The van der Waals surface area contributed by atoms with E-state index in [1.54, 1.807) is 24.3 Å². The van der Waals surface area contributed by atoms with Gasteiger partial charge in [0.15, 0.2) is 0 Å². The zero-order valence-corrected chi connectivity index (χ0v) is 27.5. The van der Waals surface area contributed by atoms with Crippen LogP contribution in [0.1, 0.15) is 80.1 Å². The molecule has 232 valence electrons. The average molecular weight is 614 g/mol. The van der Waals surface area contributed by atoms with Crippen molar-refractivity contribution >= 4 is 23.4 Å². The van der Waals surface area contributed by atoms with E-state index in [0.717, 1.165) is 22.3 Å². The molecule has 2 heterocycles. The molecule has 3 aromatic carbocycles. The van der Waals surface area contributed by atoms with Crippen LogP contribution in [0.4, 0.5) is 0 Å². The van der Waals surface area contributed by atoms with Crippen molar-refractivity contribution in [3.8, 4) is 11.1 Å². The molecule has 1 N–H and O–H groups in total. The maximum atomic E-state index is 14.5. The molecular weight excluding hydrogens is 570 g/mol. The van der Waals surface area contributed by atoms with Crippen LogP contribution in [0.25, 0.3) is 11.1 Å². The van der Waals surface area contributed by atoms with Crippen LogP contribution in [0.3, 0.4) is 0 Å². The summed E-state index contributed by atoms with van der Waals surface area (Å²) in [6.07, 6.45) is -0.639. The van der Waals surface area contributed by atoms with Crippen LogP contribution in [0.5, 0.6) is 0 Å². The lowest BCUT2D eigenvalue weighted by molar-refractivity contribution is -0.131. The first-order valence-corrected chi connectivity index (χ1v) is 16.1. The predicted molar refractivity (Wildman–Crippen MR) is 176 cm³/mol. The molecule has 2 fully saturated rings. The monoisotopic (exact) mass is 613 g/mol. The minimum absolute atomic E-state index is 0.00657. The number of carbonyl (C=O) groups excluding carboxylic acids is 2. The van der Waals surface area contributed by atoms with Crippen molar-refractivity contribution in [2.24, 2.45) is 0 Å². The molecule has 6 rings (SSSR count). The summed E-state index contributed by atoms with van der Waals surface area (Å²) in [5, 5.41) is 11.9. The van der Waals surface area contributed by atoms with Crippen molar-refractivity contribution < 1.29 is 14.7 Å². The number of piperazine rings is 1. The number of β-amino-alcohol motifs (C(OH)–C–C–N with tert-alkyl or cyclic N) is 1. The second-order valence-electron chi connectivity index (χ2n) is 14.8. The second kappa shape index (κ2) is 11.3. The molecule has 0 aromatic heterocycles. The van der Waals surface area contributed by atoms with Gasteiger partial charge in [0.25, 0.3) is 5.91 Å². The summed E-state index contributed by atoms with van der Waals surface area (Å²) in [6, 6.07) is 20.1. The van der Waals surface area contributed by atoms with Crippen molar-refractivity contribution in [1.29, 1.82) is 0 Å². The summed E-state index contributed by atoms with van der Waals surface area (Å²) in [4.78, 5) is 33.5. The maximum absolute atomic E-state index is 14.5. The molecule has 1 aliphatic carbocycles. The first kappa shape index (κ1) is 30.8. The zero-order chi connectivity index (χ0) is 31.6. The van der Waals surface area contributed by atoms with Crippen molar-refractivity contribution in [3.05, 3.63) is 93.5 Å². The molecule has 2 atom stereocenters. The van der Waals surface area contributed by atoms with Gasteiger partial charge in [-0.05, 0) is 68.5 Å². The Labute approximate surface area is 266 Å². The van der Waals surface area contributed by atoms with Crippen LogP contribution >= 0.6 is 11.6 Å². The van der Waals surface area contributed by atoms with Crippen LogP contribution in [-0.4, -0.2) is 83.0 Å². The Kier molecular flexibility index (Phi) is 7.92. The van der Waals surface area contributed by atoms with Crippen molar-refractivity contribution in [2.75, 3.05) is 39.3 Å². The molecule has 7 heteroatoms. The van der Waals surface area contributed by atoms with Crippen molar-refractivity contribution in [3.63, 3.8) is 0 Å². The van der Waals surface area contributed by atoms with Crippen LogP contribution in [0.2, 0.25) is 5.02 Å². The molecule has 0 radical (unpaired) electrons. The van der Waals surface area contributed by atoms with E-state index < -0.39 is 12.0 Å². The number of rotatable bonds is 3. The smallest absolute Gasteiger partial charge is 0.253 e. The van der Waals surface area contributed by atoms with E-state index >= 15 is 0 Å². The number of hydrogen-bond donors (Lipinski definition) is 1. The van der Waals surface area contributed by atoms with Crippen LogP contribution in [-0.2, 0) is 15.6 Å². The topological polar surface area (TPSA) is 64.1 Å². The average Bonchev–Trinajstić information content (AvgIpc) is 3.53. The fraction of sp³-hybridized carbons (Fsp3) is 0.459. The fourth-order valence-corrected chi connectivity index (χ4v) is 7.11. The third-order valence-corrected chi connectivity index (χ3v) is 9.98. The van der Waals surface area contributed by atoms with E-state index in [2.05, 4.69) is 82.8 Å². The summed E-state index contributed by atoms with van der Waals surface area (Å²) < 4.78 is 0. The summed E-state index contributed by atoms with van der Waals surface area (Å²) in [5.41, 5.74) is 7.36. The van der Waals surface area contributed by atoms with E-state index in [1.165, 1.54) is 11.1 Å². The zero-order valence-electron chi connectivity index (χ0n) is 26.7. The second-order valence-corrected chi connectivity index (χ2v) is 15.2. The first-order chi connectivity index (χ1) is 20.7. The summed E-state index contributed by atoms with van der Waals surface area (Å²) in [6.45, 7) is 16.5. The normalized spacial score (nSPS) is 21.0. The Balaban J connectivity index is 1.22. The van der Waals surface area contributed by atoms with Gasteiger partial charge in [0.1, 0.15) is 0 Å². The van der Waals surface area contributed by atoms with Gasteiger partial charge >= 0.3 is 0 Å². The molecule has 0 bridgehead atoms. The summed E-state index contributed by atoms with van der Waals surface area (Å²) >= 11 is 6.00. The molecule has 3 aromatic rings. The molecule has 0 unspecified atom stereocenters. The molecule has 0 saturated carbocycles. The van der Waals surface area contributed by atoms with Gasteiger partial charge in [-0.2, -0.15) is 0 Å². The van der Waals surface area contributed by atoms with Gasteiger partial charge in [-0.1, -0.05) is 89.5 Å². The van der Waals surface area contributed by atoms with E-state index in [-0.39, 0.29) is 28.7 Å². The number of hydrogen-bond acceptors (Lipinski definition) is 4. The Morgan fingerprint density at radius 3 is 1.75 bits per heavy atom. The number of nitrogens with zero attached hydrogens (tertiary/aromatic N) is 3. The highest BCUT2D eigenvalue weighted by Crippen LogP contribution is 2.48. The van der Waals surface area contributed by atoms with Crippen LogP contribution < -0.4 is 0 Å². The third-order valence-electron chi connectivity index (χ3n) is 9.73. The molecule has 44 heavy (non-hydrogen) atoms. The minimum atomic E-state index is -0.639. The number of aliphatic hydroxyl groups excluding tert-OH is 1. The van der Waals surface area contributed by atoms with E-state index in [9.17, 15) is 14.7 Å². The Hall–Kier alpha value is -3.19. The van der Waals surface area contributed by atoms with Gasteiger partial charge in [0.05, 0.1) is 18.1 Å². The van der Waals surface area contributed by atoms with Gasteiger partial charge in [0, 0.05) is 49.9 Å². The van der Waals surface area contributed by atoms with Crippen LogP contribution in [0.15, 0.2) is 60.7 Å². The standard InChI is InChI=1S/C37H44ClN3O3/c1-36(2,3)24-9-13-27-28-14-10-25(37(4,5)6)20-30(28)33(29(27)19-24)35(44)41-21-31(32(42)22-41)39-15-17-40(18-16-39)34(43)23-7-11-26(38)12-8-23/h7-14,19-20,31-33,42H,15-18,21-22H2,1-6H3/t31-,32-/m0/s1. The van der Waals surface area contributed by atoms with Gasteiger partial charge in [-0.15, -0.1) is 0 Å². The quantitative estimate of drug-likeness (QED) is 0.389. The SMILES string of the molecule is CC(C)(C)c1ccc2c(c1)C(C(=O)N1C[C@H](O)[C@@H](N3CCN(C(=O)c4ccc(Cl)cc4)CC3)C1)c1cc(C(C)(C)C)ccc1-2. The van der Waals surface area contributed by atoms with Gasteiger partial charge in [-0.25, -0.2) is 0 Å². The lowest BCUT2D eigenvalue weighted by Crippen LogP contribution is -2.55. The van der Waals surface area contributed by atoms with Gasteiger partial charge in [-0.3, -0.25) is 14.5 Å². The minimum Gasteiger partial charge on any atom is -0.390 e. The number of benzene rings is 3. The maximum Gasteiger partial charge on any atom is 0.253 e. The summed E-state index contributed by atoms with van der Waals surface area (Å²) in [7, 11) is 0. The Morgan fingerprint density at radius 1 is 0.727 bits per heavy atom. The van der Waals surface area contributed by atoms with Crippen molar-refractivity contribution in [2.45, 2.75) is 70.4 Å². The molecule has 2 amide bonds. The number of likely N-dealkylation sites (tertiary alicyclic amines) is 1. The number of halogens is 1. The lowest BCUT2D eigenvalue weighted by atomic mass is 9.83. The number of aliphatic hydroxyl groups is 1.